The Kier molecular flexibility index (Phi) is 13.3. The summed E-state index contributed by atoms with van der Waals surface area (Å²) in [6.07, 6.45) is 22.0. The van der Waals surface area contributed by atoms with Gasteiger partial charge in [-0.15, -0.1) is 0 Å². The summed E-state index contributed by atoms with van der Waals surface area (Å²) >= 11 is 0. The number of nitrogens with one attached hydrogen (secondary N) is 1. The van der Waals surface area contributed by atoms with E-state index in [0.717, 1.165) is 24.1 Å². The molecule has 1 N–H and O–H groups in total. The van der Waals surface area contributed by atoms with Crippen LogP contribution in [-0.2, 0) is 0 Å². The highest BCUT2D eigenvalue weighted by Gasteiger charge is 2.13. The highest BCUT2D eigenvalue weighted by molar-refractivity contribution is 5.83. The molecule has 0 atom stereocenters. The molecule has 0 unspecified atom stereocenters. The minimum atomic E-state index is 0.973. The Labute approximate surface area is 191 Å². The second-order valence-electron chi connectivity index (χ2n) is 9.34. The number of fused-ring (bicyclic) bond motifs is 1. The molecule has 176 valence electrons. The van der Waals surface area contributed by atoms with E-state index >= 15 is 0 Å². The molecule has 2 aromatic rings. The molecular formula is C27H48N4. The van der Waals surface area contributed by atoms with Crippen molar-refractivity contribution in [2.45, 2.75) is 124 Å². The van der Waals surface area contributed by atoms with Crippen molar-refractivity contribution < 1.29 is 0 Å². The molecular weight excluding hydrogens is 380 g/mol. The van der Waals surface area contributed by atoms with Gasteiger partial charge in [0, 0.05) is 24.3 Å². The van der Waals surface area contributed by atoms with Crippen LogP contribution in [0.5, 0.6) is 0 Å². The van der Waals surface area contributed by atoms with Crippen LogP contribution in [0.4, 0.5) is 5.69 Å². The summed E-state index contributed by atoms with van der Waals surface area (Å²) in [5.41, 5.74) is 4.62. The molecule has 0 bridgehead atoms. The fourth-order valence-corrected chi connectivity index (χ4v) is 4.60. The van der Waals surface area contributed by atoms with Gasteiger partial charge < -0.3 is 4.90 Å². The number of hydrogen-bond acceptors (Lipinski definition) is 3. The molecule has 0 fully saturated rings. The third-order valence-corrected chi connectivity index (χ3v) is 6.62. The largest absolute Gasteiger partial charge is 0.371 e. The number of rotatable bonds is 19. The van der Waals surface area contributed by atoms with Gasteiger partial charge in [-0.1, -0.05) is 104 Å². The lowest BCUT2D eigenvalue weighted by Crippen LogP contribution is -2.26. The molecule has 1 heterocycles. The van der Waals surface area contributed by atoms with E-state index in [1.54, 1.807) is 0 Å². The lowest BCUT2D eigenvalue weighted by atomic mass is 10.1. The highest BCUT2D eigenvalue weighted by Crippen LogP contribution is 2.27. The van der Waals surface area contributed by atoms with Crippen molar-refractivity contribution in [1.29, 1.82) is 0 Å². The summed E-state index contributed by atoms with van der Waals surface area (Å²) in [6, 6.07) is 4.38. The van der Waals surface area contributed by atoms with E-state index in [4.69, 9.17) is 0 Å². The van der Waals surface area contributed by atoms with E-state index in [2.05, 4.69) is 53.2 Å². The molecule has 0 aliphatic rings. The third-order valence-electron chi connectivity index (χ3n) is 6.62. The van der Waals surface area contributed by atoms with E-state index < -0.39 is 0 Å². The fraction of sp³-hybridized carbons (Fsp3) is 0.778. The van der Waals surface area contributed by atoms with Gasteiger partial charge in [0.25, 0.3) is 0 Å². The predicted molar refractivity (Wildman–Crippen MR) is 136 cm³/mol. The average Bonchev–Trinajstić information content (AvgIpc) is 3.26. The molecule has 1 aromatic carbocycles. The molecule has 0 saturated carbocycles. The number of aromatic amines is 1. The number of anilines is 1. The first-order valence-corrected chi connectivity index (χ1v) is 13.3. The molecule has 0 radical (unpaired) electrons. The van der Waals surface area contributed by atoms with Crippen LogP contribution in [0.25, 0.3) is 11.0 Å². The van der Waals surface area contributed by atoms with Crippen LogP contribution in [0, 0.1) is 6.92 Å². The number of aryl methyl sites for hydroxylation is 1. The maximum atomic E-state index is 4.39. The van der Waals surface area contributed by atoms with E-state index in [0.29, 0.717) is 0 Å². The van der Waals surface area contributed by atoms with Crippen molar-refractivity contribution in [3.05, 3.63) is 17.7 Å². The first-order chi connectivity index (χ1) is 15.3. The molecule has 4 nitrogen and oxygen atoms in total. The SMILES string of the molecule is CCCCCCCCCCN(CCCCCCCCCC)c1ccc2n[nH]nc2c1C. The molecule has 0 amide bonds. The van der Waals surface area contributed by atoms with Crippen LogP contribution >= 0.6 is 0 Å². The van der Waals surface area contributed by atoms with E-state index in [1.165, 1.54) is 114 Å². The molecule has 31 heavy (non-hydrogen) atoms. The van der Waals surface area contributed by atoms with Gasteiger partial charge in [0.2, 0.25) is 0 Å². The maximum absolute atomic E-state index is 4.39. The van der Waals surface area contributed by atoms with Crippen molar-refractivity contribution in [2.24, 2.45) is 0 Å². The predicted octanol–water partition coefficient (Wildman–Crippen LogP) is 8.35. The molecule has 4 heteroatoms. The summed E-state index contributed by atoms with van der Waals surface area (Å²) in [4.78, 5) is 2.62. The molecule has 1 aromatic heterocycles. The number of benzene rings is 1. The summed E-state index contributed by atoms with van der Waals surface area (Å²) in [7, 11) is 0. The quantitative estimate of drug-likeness (QED) is 0.229. The first-order valence-electron chi connectivity index (χ1n) is 13.3. The topological polar surface area (TPSA) is 44.8 Å². The van der Waals surface area contributed by atoms with Crippen LogP contribution in [0.3, 0.4) is 0 Å². The number of H-pyrrole nitrogens is 1. The summed E-state index contributed by atoms with van der Waals surface area (Å²) in [5.74, 6) is 0. The van der Waals surface area contributed by atoms with Gasteiger partial charge in [0.15, 0.2) is 0 Å². The van der Waals surface area contributed by atoms with Gasteiger partial charge in [0.1, 0.15) is 11.0 Å². The Morgan fingerprint density at radius 3 is 1.65 bits per heavy atom. The van der Waals surface area contributed by atoms with Crippen molar-refractivity contribution in [3.63, 3.8) is 0 Å². The Hall–Kier alpha value is -1.58. The number of aromatic nitrogens is 3. The third kappa shape index (κ3) is 9.62. The lowest BCUT2D eigenvalue weighted by molar-refractivity contribution is 0.555. The van der Waals surface area contributed by atoms with Crippen LogP contribution in [0.1, 0.15) is 122 Å². The van der Waals surface area contributed by atoms with Crippen LogP contribution in [0.2, 0.25) is 0 Å². The first kappa shape index (κ1) is 25.7. The Morgan fingerprint density at radius 2 is 1.13 bits per heavy atom. The zero-order chi connectivity index (χ0) is 22.2. The molecule has 0 aliphatic carbocycles. The van der Waals surface area contributed by atoms with E-state index in [1.807, 2.05) is 0 Å². The van der Waals surface area contributed by atoms with Crippen LogP contribution < -0.4 is 4.90 Å². The Bertz CT molecular complexity index is 674. The average molecular weight is 429 g/mol. The fourth-order valence-electron chi connectivity index (χ4n) is 4.60. The molecule has 0 spiro atoms. The summed E-state index contributed by atoms with van der Waals surface area (Å²) in [5, 5.41) is 11.4. The van der Waals surface area contributed by atoms with Gasteiger partial charge in [-0.2, -0.15) is 15.4 Å². The summed E-state index contributed by atoms with van der Waals surface area (Å²) in [6.45, 7) is 9.11. The number of hydrogen-bond donors (Lipinski definition) is 1. The maximum Gasteiger partial charge on any atom is 0.117 e. The zero-order valence-corrected chi connectivity index (χ0v) is 20.7. The zero-order valence-electron chi connectivity index (χ0n) is 20.7. The second kappa shape index (κ2) is 16.1. The van der Waals surface area contributed by atoms with Gasteiger partial charge in [-0.3, -0.25) is 0 Å². The minimum absolute atomic E-state index is 0.973. The second-order valence-corrected chi connectivity index (χ2v) is 9.34. The normalized spacial score (nSPS) is 11.5. The Balaban J connectivity index is 1.80. The monoisotopic (exact) mass is 428 g/mol. The lowest BCUT2D eigenvalue weighted by Gasteiger charge is -2.27. The van der Waals surface area contributed by atoms with E-state index in [-0.39, 0.29) is 0 Å². The van der Waals surface area contributed by atoms with Gasteiger partial charge >= 0.3 is 0 Å². The van der Waals surface area contributed by atoms with Gasteiger partial charge in [-0.05, 0) is 31.9 Å². The standard InChI is InChI=1S/C27H48N4/c1-4-6-8-10-12-14-16-18-22-31(23-19-17-15-13-11-9-7-5-2)26-21-20-25-27(24(26)3)29-30-28-25/h20-21H,4-19,22-23H2,1-3H3,(H,28,29,30). The summed E-state index contributed by atoms with van der Waals surface area (Å²) < 4.78 is 0. The Morgan fingerprint density at radius 1 is 0.645 bits per heavy atom. The molecule has 0 aliphatic heterocycles. The highest BCUT2D eigenvalue weighted by atomic mass is 15.3. The van der Waals surface area contributed by atoms with Gasteiger partial charge in [-0.25, -0.2) is 0 Å². The molecule has 2 rings (SSSR count). The molecule has 0 saturated heterocycles. The minimum Gasteiger partial charge on any atom is -0.371 e. The van der Waals surface area contributed by atoms with Crippen LogP contribution in [0.15, 0.2) is 12.1 Å². The van der Waals surface area contributed by atoms with Gasteiger partial charge in [0.05, 0.1) is 0 Å². The number of nitrogens with zero attached hydrogens (tertiary/aromatic N) is 3. The van der Waals surface area contributed by atoms with E-state index in [9.17, 15) is 0 Å². The van der Waals surface area contributed by atoms with Crippen molar-refractivity contribution in [2.75, 3.05) is 18.0 Å². The van der Waals surface area contributed by atoms with Crippen molar-refractivity contribution in [1.82, 2.24) is 15.4 Å². The van der Waals surface area contributed by atoms with Crippen molar-refractivity contribution >= 4 is 16.7 Å². The number of unbranched alkanes of at least 4 members (excludes halogenated alkanes) is 14. The van der Waals surface area contributed by atoms with Crippen molar-refractivity contribution in [3.8, 4) is 0 Å². The smallest absolute Gasteiger partial charge is 0.117 e. The van der Waals surface area contributed by atoms with Crippen LogP contribution in [-0.4, -0.2) is 28.5 Å².